The zero-order valence-corrected chi connectivity index (χ0v) is 11.0. The van der Waals surface area contributed by atoms with Gasteiger partial charge < -0.3 is 11.1 Å². The van der Waals surface area contributed by atoms with E-state index >= 15 is 0 Å². The number of nitrogens with one attached hydrogen (secondary N) is 1. The van der Waals surface area contributed by atoms with Crippen molar-refractivity contribution in [2.45, 2.75) is 26.4 Å². The Morgan fingerprint density at radius 2 is 2.31 bits per heavy atom. The van der Waals surface area contributed by atoms with Gasteiger partial charge in [-0.2, -0.15) is 0 Å². The molecule has 3 N–H and O–H groups in total. The van der Waals surface area contributed by atoms with Crippen LogP contribution in [0.2, 0.25) is 0 Å². The highest BCUT2D eigenvalue weighted by Crippen LogP contribution is 2.07. The van der Waals surface area contributed by atoms with Crippen LogP contribution in [-0.2, 0) is 11.3 Å². The number of nitrogens with zero attached hydrogens (tertiary/aromatic N) is 1. The molecule has 5 heteroatoms. The molecule has 1 aromatic heterocycles. The average molecular weight is 286 g/mol. The Hall–Kier alpha value is -0.940. The molecule has 1 unspecified atom stereocenters. The maximum atomic E-state index is 11.6. The van der Waals surface area contributed by atoms with Gasteiger partial charge in [0.2, 0.25) is 5.91 Å². The van der Waals surface area contributed by atoms with Crippen LogP contribution < -0.4 is 11.1 Å². The molecule has 1 heterocycles. The zero-order chi connectivity index (χ0) is 12.1. The minimum Gasteiger partial charge on any atom is -0.351 e. The van der Waals surface area contributed by atoms with Gasteiger partial charge in [0, 0.05) is 12.7 Å². The van der Waals surface area contributed by atoms with E-state index < -0.39 is 6.04 Å². The maximum Gasteiger partial charge on any atom is 0.237 e. The van der Waals surface area contributed by atoms with Crippen molar-refractivity contribution in [3.8, 4) is 0 Å². The van der Waals surface area contributed by atoms with Crippen molar-refractivity contribution in [2.24, 2.45) is 11.7 Å². The van der Waals surface area contributed by atoms with Crippen LogP contribution in [0.15, 0.2) is 22.9 Å². The van der Waals surface area contributed by atoms with E-state index in [1.807, 2.05) is 26.0 Å². The standard InChI is InChI=1S/C11H16BrN3O/c1-7(2)10(13)11(16)15-6-8-3-4-14-9(12)5-8/h3-5,7,10H,6,13H2,1-2H3,(H,15,16). The Labute approximate surface area is 104 Å². The van der Waals surface area contributed by atoms with Crippen LogP contribution in [0, 0.1) is 5.92 Å². The third-order valence-corrected chi connectivity index (χ3v) is 2.71. The molecular formula is C11H16BrN3O. The lowest BCUT2D eigenvalue weighted by Gasteiger charge is -2.15. The second-order valence-corrected chi connectivity index (χ2v) is 4.79. The zero-order valence-electron chi connectivity index (χ0n) is 9.40. The Morgan fingerprint density at radius 3 is 2.88 bits per heavy atom. The Kier molecular flexibility index (Phi) is 4.89. The lowest BCUT2D eigenvalue weighted by molar-refractivity contribution is -0.123. The lowest BCUT2D eigenvalue weighted by Crippen LogP contribution is -2.43. The molecule has 0 radical (unpaired) electrons. The van der Waals surface area contributed by atoms with Gasteiger partial charge in [-0.3, -0.25) is 4.79 Å². The first-order valence-corrected chi connectivity index (χ1v) is 5.93. The largest absolute Gasteiger partial charge is 0.351 e. The molecule has 1 atom stereocenters. The summed E-state index contributed by atoms with van der Waals surface area (Å²) in [4.78, 5) is 15.6. The monoisotopic (exact) mass is 285 g/mol. The number of aromatic nitrogens is 1. The highest BCUT2D eigenvalue weighted by molar-refractivity contribution is 9.10. The molecular weight excluding hydrogens is 270 g/mol. The van der Waals surface area contributed by atoms with Crippen LogP contribution >= 0.6 is 15.9 Å². The summed E-state index contributed by atoms with van der Waals surface area (Å²) in [5.74, 6) is 0.0205. The van der Waals surface area contributed by atoms with Gasteiger partial charge in [0.25, 0.3) is 0 Å². The molecule has 0 saturated carbocycles. The van der Waals surface area contributed by atoms with Crippen molar-refractivity contribution in [2.75, 3.05) is 0 Å². The number of nitrogens with two attached hydrogens (primary N) is 1. The first kappa shape index (κ1) is 13.1. The van der Waals surface area contributed by atoms with Gasteiger partial charge in [0.05, 0.1) is 6.04 Å². The summed E-state index contributed by atoms with van der Waals surface area (Å²) in [6, 6.07) is 3.26. The molecule has 0 spiro atoms. The summed E-state index contributed by atoms with van der Waals surface area (Å²) in [6.45, 7) is 4.32. The topological polar surface area (TPSA) is 68.0 Å². The summed E-state index contributed by atoms with van der Waals surface area (Å²) >= 11 is 3.27. The van der Waals surface area contributed by atoms with E-state index in [-0.39, 0.29) is 11.8 Å². The van der Waals surface area contributed by atoms with Gasteiger partial charge in [-0.1, -0.05) is 13.8 Å². The predicted octanol–water partition coefficient (Wildman–Crippen LogP) is 1.44. The van der Waals surface area contributed by atoms with E-state index in [9.17, 15) is 4.79 Å². The highest BCUT2D eigenvalue weighted by Gasteiger charge is 2.16. The molecule has 0 bridgehead atoms. The van der Waals surface area contributed by atoms with E-state index in [2.05, 4.69) is 26.2 Å². The third kappa shape index (κ3) is 3.90. The fourth-order valence-electron chi connectivity index (χ4n) is 1.16. The van der Waals surface area contributed by atoms with Gasteiger partial charge >= 0.3 is 0 Å². The van der Waals surface area contributed by atoms with Crippen LogP contribution in [0.25, 0.3) is 0 Å². The molecule has 0 aliphatic heterocycles. The fraction of sp³-hybridized carbons (Fsp3) is 0.455. The van der Waals surface area contributed by atoms with Crippen molar-refractivity contribution in [1.29, 1.82) is 0 Å². The summed E-state index contributed by atoms with van der Waals surface area (Å²) in [5.41, 5.74) is 6.71. The third-order valence-electron chi connectivity index (χ3n) is 2.28. The van der Waals surface area contributed by atoms with Crippen LogP contribution in [0.4, 0.5) is 0 Å². The van der Waals surface area contributed by atoms with E-state index in [0.29, 0.717) is 6.54 Å². The molecule has 0 aromatic carbocycles. The Morgan fingerprint density at radius 1 is 1.62 bits per heavy atom. The second-order valence-electron chi connectivity index (χ2n) is 3.97. The van der Waals surface area contributed by atoms with E-state index in [1.54, 1.807) is 6.20 Å². The summed E-state index contributed by atoms with van der Waals surface area (Å²) in [5, 5.41) is 2.79. The number of hydrogen-bond acceptors (Lipinski definition) is 3. The molecule has 0 fully saturated rings. The fourth-order valence-corrected chi connectivity index (χ4v) is 1.57. The van der Waals surface area contributed by atoms with Crippen molar-refractivity contribution >= 4 is 21.8 Å². The smallest absolute Gasteiger partial charge is 0.237 e. The van der Waals surface area contributed by atoms with Crippen LogP contribution in [0.5, 0.6) is 0 Å². The van der Waals surface area contributed by atoms with Gasteiger partial charge in [-0.25, -0.2) is 4.98 Å². The minimum atomic E-state index is -0.453. The second kappa shape index (κ2) is 5.96. The van der Waals surface area contributed by atoms with Gasteiger partial charge in [-0.05, 0) is 39.5 Å². The number of amides is 1. The lowest BCUT2D eigenvalue weighted by atomic mass is 10.1. The average Bonchev–Trinajstić information content (AvgIpc) is 2.24. The Balaban J connectivity index is 2.49. The Bertz CT molecular complexity index is 368. The summed E-state index contributed by atoms with van der Waals surface area (Å²) in [6.07, 6.45) is 1.69. The van der Waals surface area contributed by atoms with Gasteiger partial charge in [0.15, 0.2) is 0 Å². The predicted molar refractivity (Wildman–Crippen MR) is 66.6 cm³/mol. The molecule has 1 rings (SSSR count). The van der Waals surface area contributed by atoms with Crippen molar-refractivity contribution in [3.05, 3.63) is 28.5 Å². The minimum absolute atomic E-state index is 0.122. The highest BCUT2D eigenvalue weighted by atomic mass is 79.9. The van der Waals surface area contributed by atoms with Crippen molar-refractivity contribution < 1.29 is 4.79 Å². The molecule has 88 valence electrons. The van der Waals surface area contributed by atoms with Crippen LogP contribution in [0.3, 0.4) is 0 Å². The van der Waals surface area contributed by atoms with Gasteiger partial charge in [0.1, 0.15) is 4.60 Å². The number of halogens is 1. The molecule has 4 nitrogen and oxygen atoms in total. The quantitative estimate of drug-likeness (QED) is 0.823. The SMILES string of the molecule is CC(C)C(N)C(=O)NCc1ccnc(Br)c1. The van der Waals surface area contributed by atoms with Crippen LogP contribution in [-0.4, -0.2) is 16.9 Å². The van der Waals surface area contributed by atoms with E-state index in [1.165, 1.54) is 0 Å². The van der Waals surface area contributed by atoms with Gasteiger partial charge in [-0.15, -0.1) is 0 Å². The number of rotatable bonds is 4. The number of hydrogen-bond donors (Lipinski definition) is 2. The molecule has 0 aliphatic rings. The molecule has 1 amide bonds. The normalized spacial score (nSPS) is 12.6. The molecule has 16 heavy (non-hydrogen) atoms. The van der Waals surface area contributed by atoms with Crippen molar-refractivity contribution in [1.82, 2.24) is 10.3 Å². The first-order valence-electron chi connectivity index (χ1n) is 5.14. The maximum absolute atomic E-state index is 11.6. The number of pyridine rings is 1. The van der Waals surface area contributed by atoms with Crippen molar-refractivity contribution in [3.63, 3.8) is 0 Å². The summed E-state index contributed by atoms with van der Waals surface area (Å²) < 4.78 is 0.757. The van der Waals surface area contributed by atoms with E-state index in [0.717, 1.165) is 10.2 Å². The number of carbonyl (C=O) groups is 1. The number of carbonyl (C=O) groups excluding carboxylic acids is 1. The summed E-state index contributed by atoms with van der Waals surface area (Å²) in [7, 11) is 0. The molecule has 0 aliphatic carbocycles. The molecule has 1 aromatic rings. The van der Waals surface area contributed by atoms with E-state index in [4.69, 9.17) is 5.73 Å². The molecule has 0 saturated heterocycles. The first-order chi connectivity index (χ1) is 7.50. The van der Waals surface area contributed by atoms with Crippen LogP contribution in [0.1, 0.15) is 19.4 Å².